The quantitative estimate of drug-likeness (QED) is 0.233. The molecule has 0 amide bonds. The third-order valence-electron chi connectivity index (χ3n) is 8.51. The van der Waals surface area contributed by atoms with E-state index in [4.69, 9.17) is 0 Å². The summed E-state index contributed by atoms with van der Waals surface area (Å²) in [4.78, 5) is 0. The fourth-order valence-electron chi connectivity index (χ4n) is 6.40. The van der Waals surface area contributed by atoms with E-state index in [9.17, 15) is 26.3 Å². The first-order valence-corrected chi connectivity index (χ1v) is 13.7. The van der Waals surface area contributed by atoms with Crippen LogP contribution in [0.3, 0.4) is 0 Å². The molecule has 2 aromatic rings. The van der Waals surface area contributed by atoms with Gasteiger partial charge in [0.15, 0.2) is 11.6 Å². The van der Waals surface area contributed by atoms with Crippen molar-refractivity contribution in [2.75, 3.05) is 0 Å². The van der Waals surface area contributed by atoms with Gasteiger partial charge in [-0.15, -0.1) is 0 Å². The van der Waals surface area contributed by atoms with Crippen molar-refractivity contribution in [2.24, 2.45) is 17.8 Å². The van der Waals surface area contributed by atoms with E-state index in [-0.39, 0.29) is 5.92 Å². The van der Waals surface area contributed by atoms with Crippen LogP contribution in [0.15, 0.2) is 30.3 Å². The lowest BCUT2D eigenvalue weighted by molar-refractivity contribution is -0.189. The predicted octanol–water partition coefficient (Wildman–Crippen LogP) is 10.0. The summed E-state index contributed by atoms with van der Waals surface area (Å²) in [5.41, 5.74) is -1.16. The van der Waals surface area contributed by atoms with Gasteiger partial charge in [0.2, 0.25) is 0 Å². The average Bonchev–Trinajstić information content (AvgIpc) is 2.86. The van der Waals surface area contributed by atoms with Crippen LogP contribution in [0.25, 0.3) is 0 Å². The number of ether oxygens (including phenoxy) is 1. The lowest BCUT2D eigenvalue weighted by Gasteiger charge is -2.38. The van der Waals surface area contributed by atoms with Gasteiger partial charge >= 0.3 is 6.11 Å². The number of unbranched alkanes of at least 4 members (excludes halogenated alkanes) is 2. The standard InChI is InChI=1S/C30H36F6O/c1-2-3-4-5-19-6-8-20(9-7-19)21-10-12-22(13-11-21)23-16-27(33)29(28(34)17-23)30(35,36)37-24-14-15-25(31)26(32)18-24/h14-22H,2-13H2,1H3. The topological polar surface area (TPSA) is 9.23 Å². The summed E-state index contributed by atoms with van der Waals surface area (Å²) < 4.78 is 89.6. The number of rotatable bonds is 9. The van der Waals surface area contributed by atoms with Crippen molar-refractivity contribution in [3.8, 4) is 5.75 Å². The average molecular weight is 527 g/mol. The molecule has 37 heavy (non-hydrogen) atoms. The normalized spacial score (nSPS) is 24.7. The van der Waals surface area contributed by atoms with Crippen LogP contribution in [0.4, 0.5) is 26.3 Å². The Morgan fingerprint density at radius 3 is 1.89 bits per heavy atom. The van der Waals surface area contributed by atoms with E-state index >= 15 is 0 Å². The Balaban J connectivity index is 1.35. The molecule has 0 aliphatic heterocycles. The Morgan fingerprint density at radius 1 is 0.730 bits per heavy atom. The van der Waals surface area contributed by atoms with Crippen molar-refractivity contribution < 1.29 is 31.1 Å². The Morgan fingerprint density at radius 2 is 1.32 bits per heavy atom. The summed E-state index contributed by atoms with van der Waals surface area (Å²) in [6.07, 6.45) is 9.47. The molecule has 4 rings (SSSR count). The van der Waals surface area contributed by atoms with Crippen LogP contribution in [-0.4, -0.2) is 0 Å². The maximum Gasteiger partial charge on any atom is 0.432 e. The van der Waals surface area contributed by atoms with Crippen LogP contribution in [0.1, 0.15) is 101 Å². The van der Waals surface area contributed by atoms with Crippen molar-refractivity contribution in [3.63, 3.8) is 0 Å². The second-order valence-electron chi connectivity index (χ2n) is 10.9. The number of alkyl halides is 2. The van der Waals surface area contributed by atoms with Gasteiger partial charge in [-0.05, 0) is 92.0 Å². The van der Waals surface area contributed by atoms with Crippen LogP contribution in [0.5, 0.6) is 5.75 Å². The third kappa shape index (κ3) is 6.83. The Labute approximate surface area is 215 Å². The molecule has 0 saturated heterocycles. The summed E-state index contributed by atoms with van der Waals surface area (Å²) in [7, 11) is 0. The second kappa shape index (κ2) is 12.1. The van der Waals surface area contributed by atoms with E-state index in [1.807, 2.05) is 0 Å². The molecule has 2 aromatic carbocycles. The number of halogens is 6. The summed E-state index contributed by atoms with van der Waals surface area (Å²) in [5.74, 6) is -4.10. The molecule has 7 heteroatoms. The van der Waals surface area contributed by atoms with Crippen LogP contribution >= 0.6 is 0 Å². The molecule has 0 unspecified atom stereocenters. The largest absolute Gasteiger partial charge is 0.432 e. The first-order valence-electron chi connectivity index (χ1n) is 13.7. The zero-order valence-electron chi connectivity index (χ0n) is 21.4. The van der Waals surface area contributed by atoms with Crippen LogP contribution in [-0.2, 0) is 6.11 Å². The van der Waals surface area contributed by atoms with Crippen LogP contribution in [0.2, 0.25) is 0 Å². The Kier molecular flexibility index (Phi) is 9.12. The molecule has 2 aliphatic rings. The van der Waals surface area contributed by atoms with Gasteiger partial charge in [0.05, 0.1) is 0 Å². The van der Waals surface area contributed by atoms with Gasteiger partial charge in [-0.1, -0.05) is 45.4 Å². The van der Waals surface area contributed by atoms with Gasteiger partial charge in [0.25, 0.3) is 0 Å². The highest BCUT2D eigenvalue weighted by molar-refractivity contribution is 5.32. The molecule has 0 radical (unpaired) electrons. The molecule has 2 saturated carbocycles. The van der Waals surface area contributed by atoms with Crippen molar-refractivity contribution in [1.29, 1.82) is 0 Å². The minimum atomic E-state index is -4.40. The molecule has 0 aromatic heterocycles. The molecule has 0 heterocycles. The fourth-order valence-corrected chi connectivity index (χ4v) is 6.40. The van der Waals surface area contributed by atoms with E-state index in [2.05, 4.69) is 11.7 Å². The molecule has 1 nitrogen and oxygen atoms in total. The molecule has 0 N–H and O–H groups in total. The SMILES string of the molecule is CCCCCC1CCC(C2CCC(c3cc(F)c(C(F)(F)Oc4ccc(F)c(F)c4)c(F)c3)CC2)CC1. The Hall–Kier alpha value is -2.18. The van der Waals surface area contributed by atoms with Gasteiger partial charge in [-0.25, -0.2) is 17.6 Å². The fraction of sp³-hybridized carbons (Fsp3) is 0.600. The zero-order chi connectivity index (χ0) is 26.6. The summed E-state index contributed by atoms with van der Waals surface area (Å²) in [6.45, 7) is 2.23. The van der Waals surface area contributed by atoms with Gasteiger partial charge in [-0.3, -0.25) is 0 Å². The number of hydrogen-bond acceptors (Lipinski definition) is 1. The highest BCUT2D eigenvalue weighted by atomic mass is 19.3. The maximum absolute atomic E-state index is 14.8. The van der Waals surface area contributed by atoms with Crippen molar-refractivity contribution in [3.05, 3.63) is 64.7 Å². The molecule has 0 spiro atoms. The third-order valence-corrected chi connectivity index (χ3v) is 8.51. The monoisotopic (exact) mass is 526 g/mol. The number of hydrogen-bond donors (Lipinski definition) is 0. The van der Waals surface area contributed by atoms with E-state index in [0.29, 0.717) is 29.5 Å². The molecule has 204 valence electrons. The predicted molar refractivity (Wildman–Crippen MR) is 132 cm³/mol. The smallest absolute Gasteiger partial charge is 0.429 e. The molecule has 2 fully saturated rings. The van der Waals surface area contributed by atoms with Crippen molar-refractivity contribution in [2.45, 2.75) is 96.0 Å². The highest BCUT2D eigenvalue weighted by Gasteiger charge is 2.42. The Bertz CT molecular complexity index is 1020. The minimum absolute atomic E-state index is 0.0829. The molecule has 0 bridgehead atoms. The van der Waals surface area contributed by atoms with E-state index < -0.39 is 40.7 Å². The molecular weight excluding hydrogens is 490 g/mol. The maximum atomic E-state index is 14.8. The van der Waals surface area contributed by atoms with Gasteiger partial charge in [0, 0.05) is 6.07 Å². The lowest BCUT2D eigenvalue weighted by Crippen LogP contribution is -2.27. The number of benzene rings is 2. The zero-order valence-corrected chi connectivity index (χ0v) is 21.4. The van der Waals surface area contributed by atoms with Gasteiger partial charge in [0.1, 0.15) is 22.9 Å². The van der Waals surface area contributed by atoms with Crippen molar-refractivity contribution in [1.82, 2.24) is 0 Å². The summed E-state index contributed by atoms with van der Waals surface area (Å²) in [5, 5.41) is 0. The van der Waals surface area contributed by atoms with Crippen molar-refractivity contribution >= 4 is 0 Å². The van der Waals surface area contributed by atoms with Gasteiger partial charge < -0.3 is 4.74 Å². The molecule has 0 atom stereocenters. The first-order chi connectivity index (χ1) is 17.7. The highest BCUT2D eigenvalue weighted by Crippen LogP contribution is 2.45. The lowest BCUT2D eigenvalue weighted by atomic mass is 9.68. The van der Waals surface area contributed by atoms with Crippen LogP contribution in [0, 0.1) is 41.0 Å². The van der Waals surface area contributed by atoms with E-state index in [1.165, 1.54) is 51.4 Å². The summed E-state index contributed by atoms with van der Waals surface area (Å²) >= 11 is 0. The van der Waals surface area contributed by atoms with E-state index in [1.54, 1.807) is 0 Å². The van der Waals surface area contributed by atoms with E-state index in [0.717, 1.165) is 49.8 Å². The molecule has 2 aliphatic carbocycles. The first kappa shape index (κ1) is 27.8. The van der Waals surface area contributed by atoms with Gasteiger partial charge in [-0.2, -0.15) is 8.78 Å². The van der Waals surface area contributed by atoms with Crippen LogP contribution < -0.4 is 4.74 Å². The summed E-state index contributed by atoms with van der Waals surface area (Å²) in [6, 6.07) is 3.71. The second-order valence-corrected chi connectivity index (χ2v) is 10.9. The molecular formula is C30H36F6O. The minimum Gasteiger partial charge on any atom is -0.429 e.